The van der Waals surface area contributed by atoms with Gasteiger partial charge in [-0.05, 0) is 51.5 Å². The molecule has 1 atom stereocenters. The standard InChI is InChI=1S/C21H25N5OS2/c1-13-16-18(22-9-8-15-6-4-3-5-7-15)24-12-25-21(16)29-17(13)19(27)26-14(2)20-23-10-11-28-20/h6,10-12,14H,3-5,7-9H2,1-2H3,(H,26,27)(H,22,24,25). The molecule has 0 saturated carbocycles. The highest BCUT2D eigenvalue weighted by Crippen LogP contribution is 2.33. The van der Waals surface area contributed by atoms with Gasteiger partial charge in [0.15, 0.2) is 0 Å². The van der Waals surface area contributed by atoms with Crippen LogP contribution in [0.25, 0.3) is 10.2 Å². The van der Waals surface area contributed by atoms with E-state index in [-0.39, 0.29) is 11.9 Å². The molecule has 1 aliphatic rings. The molecule has 0 spiro atoms. The minimum Gasteiger partial charge on any atom is -0.369 e. The van der Waals surface area contributed by atoms with Crippen LogP contribution in [0.3, 0.4) is 0 Å². The van der Waals surface area contributed by atoms with Crippen molar-refractivity contribution in [1.82, 2.24) is 20.3 Å². The van der Waals surface area contributed by atoms with E-state index in [0.29, 0.717) is 4.88 Å². The molecular formula is C21H25N5OS2. The van der Waals surface area contributed by atoms with Crippen molar-refractivity contribution in [3.8, 4) is 0 Å². The summed E-state index contributed by atoms with van der Waals surface area (Å²) in [6.45, 7) is 4.77. The third kappa shape index (κ3) is 4.48. The largest absolute Gasteiger partial charge is 0.369 e. The van der Waals surface area contributed by atoms with E-state index in [9.17, 15) is 4.79 Å². The predicted molar refractivity (Wildman–Crippen MR) is 120 cm³/mol. The van der Waals surface area contributed by atoms with Gasteiger partial charge in [-0.2, -0.15) is 0 Å². The first-order valence-electron chi connectivity index (χ1n) is 9.99. The van der Waals surface area contributed by atoms with Crippen molar-refractivity contribution < 1.29 is 4.79 Å². The normalized spacial score (nSPS) is 15.2. The number of carbonyl (C=O) groups is 1. The topological polar surface area (TPSA) is 79.8 Å². The smallest absolute Gasteiger partial charge is 0.262 e. The highest BCUT2D eigenvalue weighted by molar-refractivity contribution is 7.20. The molecule has 8 heteroatoms. The van der Waals surface area contributed by atoms with Gasteiger partial charge >= 0.3 is 0 Å². The van der Waals surface area contributed by atoms with Crippen molar-refractivity contribution in [3.63, 3.8) is 0 Å². The number of hydrogen-bond acceptors (Lipinski definition) is 7. The summed E-state index contributed by atoms with van der Waals surface area (Å²) in [5.41, 5.74) is 2.46. The number of thiophene rings is 1. The van der Waals surface area contributed by atoms with Gasteiger partial charge in [-0.25, -0.2) is 15.0 Å². The first-order chi connectivity index (χ1) is 14.1. The van der Waals surface area contributed by atoms with Crippen LogP contribution in [0.15, 0.2) is 29.6 Å². The number of carbonyl (C=O) groups excluding carboxylic acids is 1. The molecular weight excluding hydrogens is 402 g/mol. The number of anilines is 1. The van der Waals surface area contributed by atoms with Gasteiger partial charge in [0.25, 0.3) is 5.91 Å². The molecule has 152 valence electrons. The molecule has 0 fully saturated rings. The van der Waals surface area contributed by atoms with Gasteiger partial charge in [0.1, 0.15) is 22.0 Å². The zero-order valence-electron chi connectivity index (χ0n) is 16.7. The third-order valence-corrected chi connectivity index (χ3v) is 7.38. The molecule has 2 N–H and O–H groups in total. The van der Waals surface area contributed by atoms with Crippen molar-refractivity contribution in [3.05, 3.63) is 45.0 Å². The molecule has 0 aliphatic heterocycles. The van der Waals surface area contributed by atoms with Crippen molar-refractivity contribution in [2.45, 2.75) is 52.0 Å². The van der Waals surface area contributed by atoms with Gasteiger partial charge in [-0.15, -0.1) is 22.7 Å². The number of nitrogens with zero attached hydrogens (tertiary/aromatic N) is 3. The summed E-state index contributed by atoms with van der Waals surface area (Å²) in [5.74, 6) is 0.721. The number of aromatic nitrogens is 3. The fourth-order valence-corrected chi connectivity index (χ4v) is 5.37. The van der Waals surface area contributed by atoms with Crippen LogP contribution in [-0.2, 0) is 0 Å². The Morgan fingerprint density at radius 3 is 2.93 bits per heavy atom. The molecule has 1 aliphatic carbocycles. The lowest BCUT2D eigenvalue weighted by molar-refractivity contribution is 0.0943. The van der Waals surface area contributed by atoms with E-state index in [4.69, 9.17) is 0 Å². The van der Waals surface area contributed by atoms with Gasteiger partial charge in [-0.1, -0.05) is 11.6 Å². The van der Waals surface area contributed by atoms with E-state index >= 15 is 0 Å². The van der Waals surface area contributed by atoms with E-state index in [0.717, 1.165) is 39.6 Å². The zero-order chi connectivity index (χ0) is 20.2. The SMILES string of the molecule is Cc1c(C(=O)NC(C)c2nccs2)sc2ncnc(NCCC3=CCCCC3)c12. The quantitative estimate of drug-likeness (QED) is 0.504. The Hall–Kier alpha value is -2.32. The molecule has 0 radical (unpaired) electrons. The van der Waals surface area contributed by atoms with Gasteiger partial charge in [-0.3, -0.25) is 4.79 Å². The van der Waals surface area contributed by atoms with E-state index in [1.807, 2.05) is 19.2 Å². The average molecular weight is 428 g/mol. The maximum absolute atomic E-state index is 12.9. The molecule has 6 nitrogen and oxygen atoms in total. The van der Waals surface area contributed by atoms with Crippen molar-refractivity contribution in [1.29, 1.82) is 0 Å². The van der Waals surface area contributed by atoms with E-state index < -0.39 is 0 Å². The third-order valence-electron chi connectivity index (χ3n) is 5.23. The summed E-state index contributed by atoms with van der Waals surface area (Å²) in [4.78, 5) is 27.5. The molecule has 0 aromatic carbocycles. The number of rotatable bonds is 7. The number of fused-ring (bicyclic) bond motifs is 1. The summed E-state index contributed by atoms with van der Waals surface area (Å²) < 4.78 is 0. The van der Waals surface area contributed by atoms with Crippen LogP contribution in [0.2, 0.25) is 0 Å². The summed E-state index contributed by atoms with van der Waals surface area (Å²) in [7, 11) is 0. The van der Waals surface area contributed by atoms with Gasteiger partial charge < -0.3 is 10.6 Å². The number of aryl methyl sites for hydroxylation is 1. The zero-order valence-corrected chi connectivity index (χ0v) is 18.3. The van der Waals surface area contributed by atoms with Gasteiger partial charge in [0, 0.05) is 18.1 Å². The fourth-order valence-electron chi connectivity index (χ4n) is 3.67. The molecule has 0 bridgehead atoms. The van der Waals surface area contributed by atoms with Crippen LogP contribution in [-0.4, -0.2) is 27.4 Å². The summed E-state index contributed by atoms with van der Waals surface area (Å²) >= 11 is 2.96. The van der Waals surface area contributed by atoms with Crippen LogP contribution in [0, 0.1) is 6.92 Å². The number of thiazole rings is 1. The molecule has 29 heavy (non-hydrogen) atoms. The minimum atomic E-state index is -0.125. The molecule has 1 unspecified atom stereocenters. The summed E-state index contributed by atoms with van der Waals surface area (Å²) in [5, 5.41) is 10.3. The number of amides is 1. The van der Waals surface area contributed by atoms with Gasteiger partial charge in [0.05, 0.1) is 16.3 Å². The maximum Gasteiger partial charge on any atom is 0.262 e. The fraction of sp³-hybridized carbons (Fsp3) is 0.429. The Kier molecular flexibility index (Phi) is 6.20. The lowest BCUT2D eigenvalue weighted by atomic mass is 9.97. The summed E-state index contributed by atoms with van der Waals surface area (Å²) in [6.07, 6.45) is 11.8. The average Bonchev–Trinajstić information content (AvgIpc) is 3.38. The van der Waals surface area contributed by atoms with Crippen LogP contribution >= 0.6 is 22.7 Å². The van der Waals surface area contributed by atoms with E-state index in [1.165, 1.54) is 42.6 Å². The Bertz CT molecular complexity index is 1030. The van der Waals surface area contributed by atoms with Crippen LogP contribution in [0.4, 0.5) is 5.82 Å². The Labute approximate surface area is 178 Å². The molecule has 3 heterocycles. The van der Waals surface area contributed by atoms with Crippen LogP contribution in [0.5, 0.6) is 0 Å². The highest BCUT2D eigenvalue weighted by atomic mass is 32.1. The van der Waals surface area contributed by atoms with Crippen LogP contribution in [0.1, 0.15) is 65.3 Å². The lowest BCUT2D eigenvalue weighted by Gasteiger charge is -2.13. The van der Waals surface area contributed by atoms with E-state index in [2.05, 4.69) is 31.7 Å². The summed E-state index contributed by atoms with van der Waals surface area (Å²) in [6, 6.07) is -0.125. The van der Waals surface area contributed by atoms with Crippen molar-refractivity contribution >= 4 is 44.6 Å². The predicted octanol–water partition coefficient (Wildman–Crippen LogP) is 5.25. The second-order valence-electron chi connectivity index (χ2n) is 7.31. The second kappa shape index (κ2) is 9.00. The molecule has 4 rings (SSSR count). The highest BCUT2D eigenvalue weighted by Gasteiger charge is 2.21. The monoisotopic (exact) mass is 427 g/mol. The Balaban J connectivity index is 1.50. The first kappa shape index (κ1) is 20.0. The number of allylic oxidation sites excluding steroid dienone is 1. The number of nitrogens with one attached hydrogen (secondary N) is 2. The van der Waals surface area contributed by atoms with Crippen molar-refractivity contribution in [2.24, 2.45) is 0 Å². The molecule has 3 aromatic rings. The Morgan fingerprint density at radius 2 is 2.17 bits per heavy atom. The molecule has 1 amide bonds. The Morgan fingerprint density at radius 1 is 1.28 bits per heavy atom. The molecule has 0 saturated heterocycles. The van der Waals surface area contributed by atoms with E-state index in [1.54, 1.807) is 23.9 Å². The lowest BCUT2D eigenvalue weighted by Crippen LogP contribution is -2.26. The van der Waals surface area contributed by atoms with Gasteiger partial charge in [0.2, 0.25) is 0 Å². The minimum absolute atomic E-state index is 0.0912. The second-order valence-corrected chi connectivity index (χ2v) is 9.23. The van der Waals surface area contributed by atoms with Crippen molar-refractivity contribution in [2.75, 3.05) is 11.9 Å². The molecule has 3 aromatic heterocycles. The first-order valence-corrected chi connectivity index (χ1v) is 11.7. The maximum atomic E-state index is 12.9. The van der Waals surface area contributed by atoms with Crippen LogP contribution < -0.4 is 10.6 Å². The number of hydrogen-bond donors (Lipinski definition) is 2.